The van der Waals surface area contributed by atoms with Crippen LogP contribution in [-0.2, 0) is 10.0 Å². The fourth-order valence-corrected chi connectivity index (χ4v) is 5.25. The molecule has 0 aliphatic carbocycles. The molecule has 4 rings (SSSR count). The first-order valence-electron chi connectivity index (χ1n) is 9.13. The number of methoxy groups -OCH3 is 2. The molecule has 0 aliphatic rings. The monoisotopic (exact) mass is 489 g/mol. The summed E-state index contributed by atoms with van der Waals surface area (Å²) in [6.07, 6.45) is 0. The summed E-state index contributed by atoms with van der Waals surface area (Å²) in [5.41, 5.74) is 8.34. The molecule has 0 spiro atoms. The fraction of sp³-hybridized carbons (Fsp3) is 0.100. The van der Waals surface area contributed by atoms with Crippen molar-refractivity contribution < 1.29 is 17.9 Å². The summed E-state index contributed by atoms with van der Waals surface area (Å²) in [6.45, 7) is 0. The molecule has 32 heavy (non-hydrogen) atoms. The Morgan fingerprint density at radius 1 is 1.03 bits per heavy atom. The standard InChI is InChI=1S/C20H19N5O4S3/c1-28-12-5-8-16(29-2)14(9-12)15-10-30-19(24-15)17-18(21)25-20(31-17)23-11-3-6-13(7-4-11)32(22,26)27/h3-10H,21H2,1-2H3,(H,23,25)(H2,22,26,27). The van der Waals surface area contributed by atoms with Gasteiger partial charge in [-0.05, 0) is 42.5 Å². The van der Waals surface area contributed by atoms with Gasteiger partial charge in [0, 0.05) is 16.6 Å². The number of hydrogen-bond acceptors (Lipinski definition) is 10. The predicted molar refractivity (Wildman–Crippen MR) is 127 cm³/mol. The molecule has 0 aliphatic heterocycles. The summed E-state index contributed by atoms with van der Waals surface area (Å²) in [4.78, 5) is 9.84. The van der Waals surface area contributed by atoms with Crippen molar-refractivity contribution >= 4 is 49.3 Å². The van der Waals surface area contributed by atoms with E-state index in [1.165, 1.54) is 34.8 Å². The molecule has 0 unspecified atom stereocenters. The molecule has 2 heterocycles. The summed E-state index contributed by atoms with van der Waals surface area (Å²) in [6, 6.07) is 11.6. The van der Waals surface area contributed by atoms with Crippen molar-refractivity contribution in [2.24, 2.45) is 5.14 Å². The van der Waals surface area contributed by atoms with E-state index in [0.717, 1.165) is 21.1 Å². The highest BCUT2D eigenvalue weighted by Crippen LogP contribution is 2.41. The van der Waals surface area contributed by atoms with E-state index in [0.29, 0.717) is 28.1 Å². The smallest absolute Gasteiger partial charge is 0.238 e. The van der Waals surface area contributed by atoms with Gasteiger partial charge in [0.05, 0.1) is 24.8 Å². The van der Waals surface area contributed by atoms with Gasteiger partial charge < -0.3 is 20.5 Å². The predicted octanol–water partition coefficient (Wildman–Crippen LogP) is 3.92. The molecule has 2 aromatic heterocycles. The quantitative estimate of drug-likeness (QED) is 0.354. The first-order chi connectivity index (χ1) is 15.3. The van der Waals surface area contributed by atoms with E-state index >= 15 is 0 Å². The van der Waals surface area contributed by atoms with Crippen LogP contribution in [0.5, 0.6) is 11.5 Å². The largest absolute Gasteiger partial charge is 0.497 e. The van der Waals surface area contributed by atoms with Crippen LogP contribution in [0, 0.1) is 0 Å². The number of nitrogen functional groups attached to an aromatic ring is 1. The van der Waals surface area contributed by atoms with Gasteiger partial charge in [0.15, 0.2) is 5.13 Å². The minimum Gasteiger partial charge on any atom is -0.497 e. The summed E-state index contributed by atoms with van der Waals surface area (Å²) in [5.74, 6) is 1.73. The maximum absolute atomic E-state index is 11.4. The van der Waals surface area contributed by atoms with Gasteiger partial charge in [-0.25, -0.2) is 23.5 Å². The molecule has 166 valence electrons. The average molecular weight is 490 g/mol. The second-order valence-electron chi connectivity index (χ2n) is 6.53. The molecule has 4 aromatic rings. The molecule has 0 radical (unpaired) electrons. The molecule has 5 N–H and O–H groups in total. The Labute approximate surface area is 192 Å². The lowest BCUT2D eigenvalue weighted by Gasteiger charge is -2.08. The molecule has 0 saturated heterocycles. The number of anilines is 3. The van der Waals surface area contributed by atoms with Crippen LogP contribution in [0.25, 0.3) is 21.1 Å². The number of nitrogens with one attached hydrogen (secondary N) is 1. The SMILES string of the molecule is COc1ccc(OC)c(-c2csc(-c3sc(Nc4ccc(S(N)(=O)=O)cc4)nc3N)n2)c1. The van der Waals surface area contributed by atoms with Crippen LogP contribution in [0.2, 0.25) is 0 Å². The topological polar surface area (TPSA) is 142 Å². The average Bonchev–Trinajstić information content (AvgIpc) is 3.39. The highest BCUT2D eigenvalue weighted by molar-refractivity contribution is 7.89. The van der Waals surface area contributed by atoms with Gasteiger partial charge in [0.2, 0.25) is 10.0 Å². The maximum Gasteiger partial charge on any atom is 0.238 e. The molecular weight excluding hydrogens is 470 g/mol. The van der Waals surface area contributed by atoms with E-state index in [-0.39, 0.29) is 4.90 Å². The van der Waals surface area contributed by atoms with E-state index in [2.05, 4.69) is 10.3 Å². The summed E-state index contributed by atoms with van der Waals surface area (Å²) in [5, 5.41) is 11.4. The molecule has 0 bridgehead atoms. The number of primary sulfonamides is 1. The van der Waals surface area contributed by atoms with Gasteiger partial charge in [-0.1, -0.05) is 11.3 Å². The second-order valence-corrected chi connectivity index (χ2v) is 9.95. The molecule has 0 saturated carbocycles. The summed E-state index contributed by atoms with van der Waals surface area (Å²) in [7, 11) is -0.537. The van der Waals surface area contributed by atoms with Crippen LogP contribution < -0.4 is 25.7 Å². The number of hydrogen-bond donors (Lipinski definition) is 3. The van der Waals surface area contributed by atoms with E-state index in [9.17, 15) is 8.42 Å². The number of sulfonamides is 1. The lowest BCUT2D eigenvalue weighted by molar-refractivity contribution is 0.404. The van der Waals surface area contributed by atoms with Crippen molar-refractivity contribution in [3.05, 3.63) is 47.8 Å². The first-order valence-corrected chi connectivity index (χ1v) is 12.4. The molecule has 0 fully saturated rings. The Bertz CT molecular complexity index is 1360. The van der Waals surface area contributed by atoms with Crippen molar-refractivity contribution in [2.45, 2.75) is 4.90 Å². The Balaban J connectivity index is 1.60. The van der Waals surface area contributed by atoms with Crippen molar-refractivity contribution in [3.8, 4) is 32.6 Å². The molecular formula is C20H19N5O4S3. The van der Waals surface area contributed by atoms with Crippen molar-refractivity contribution in [1.29, 1.82) is 0 Å². The molecule has 12 heteroatoms. The van der Waals surface area contributed by atoms with E-state index in [4.69, 9.17) is 25.3 Å². The Morgan fingerprint density at radius 2 is 1.78 bits per heavy atom. The maximum atomic E-state index is 11.4. The normalized spacial score (nSPS) is 11.3. The van der Waals surface area contributed by atoms with Crippen LogP contribution in [-0.4, -0.2) is 32.6 Å². The number of aromatic nitrogens is 2. The van der Waals surface area contributed by atoms with Gasteiger partial charge in [0.1, 0.15) is 27.2 Å². The molecule has 2 aromatic carbocycles. The number of nitrogens with zero attached hydrogens (tertiary/aromatic N) is 2. The number of thiazole rings is 2. The lowest BCUT2D eigenvalue weighted by atomic mass is 10.1. The zero-order chi connectivity index (χ0) is 22.9. The van der Waals surface area contributed by atoms with Crippen molar-refractivity contribution in [2.75, 3.05) is 25.3 Å². The molecule has 0 amide bonds. The van der Waals surface area contributed by atoms with Gasteiger partial charge in [0.25, 0.3) is 0 Å². The Kier molecular flexibility index (Phi) is 6.02. The van der Waals surface area contributed by atoms with Gasteiger partial charge in [-0.3, -0.25) is 0 Å². The van der Waals surface area contributed by atoms with E-state index < -0.39 is 10.0 Å². The minimum absolute atomic E-state index is 0.0330. The summed E-state index contributed by atoms with van der Waals surface area (Å²) >= 11 is 2.79. The number of benzene rings is 2. The summed E-state index contributed by atoms with van der Waals surface area (Å²) < 4.78 is 33.6. The lowest BCUT2D eigenvalue weighted by Crippen LogP contribution is -2.11. The highest BCUT2D eigenvalue weighted by atomic mass is 32.2. The minimum atomic E-state index is -3.75. The van der Waals surface area contributed by atoms with Crippen molar-refractivity contribution in [1.82, 2.24) is 9.97 Å². The number of ether oxygens (including phenoxy) is 2. The van der Waals surface area contributed by atoms with E-state index in [1.807, 2.05) is 23.6 Å². The van der Waals surface area contributed by atoms with Gasteiger partial charge in [-0.2, -0.15) is 0 Å². The molecule has 0 atom stereocenters. The Morgan fingerprint density at radius 3 is 2.44 bits per heavy atom. The zero-order valence-corrected chi connectivity index (χ0v) is 19.5. The fourth-order valence-electron chi connectivity index (χ4n) is 2.91. The zero-order valence-electron chi connectivity index (χ0n) is 17.0. The van der Waals surface area contributed by atoms with Crippen LogP contribution in [0.4, 0.5) is 16.6 Å². The third kappa shape index (κ3) is 4.53. The number of nitrogens with two attached hydrogens (primary N) is 2. The highest BCUT2D eigenvalue weighted by Gasteiger charge is 2.17. The van der Waals surface area contributed by atoms with Crippen LogP contribution in [0.15, 0.2) is 52.7 Å². The van der Waals surface area contributed by atoms with Crippen LogP contribution in [0.1, 0.15) is 0 Å². The van der Waals surface area contributed by atoms with Crippen molar-refractivity contribution in [3.63, 3.8) is 0 Å². The van der Waals surface area contributed by atoms with E-state index in [1.54, 1.807) is 26.4 Å². The first kappa shape index (κ1) is 22.0. The number of rotatable bonds is 7. The molecule has 9 nitrogen and oxygen atoms in total. The van der Waals surface area contributed by atoms with Gasteiger partial charge >= 0.3 is 0 Å². The third-order valence-corrected chi connectivity index (χ3v) is 7.38. The van der Waals surface area contributed by atoms with Crippen LogP contribution in [0.3, 0.4) is 0 Å². The third-order valence-electron chi connectivity index (χ3n) is 4.47. The second kappa shape index (κ2) is 8.74. The Hall–Kier alpha value is -3.19. The van der Waals surface area contributed by atoms with Gasteiger partial charge in [-0.15, -0.1) is 11.3 Å². The van der Waals surface area contributed by atoms with Crippen LogP contribution >= 0.6 is 22.7 Å².